The Bertz CT molecular complexity index is 1250. The second kappa shape index (κ2) is 9.48. The van der Waals surface area contributed by atoms with E-state index in [4.69, 9.17) is 9.47 Å². The maximum Gasteiger partial charge on any atom is 0.264 e. The van der Waals surface area contributed by atoms with Crippen molar-refractivity contribution in [2.75, 3.05) is 68.2 Å². The molecule has 0 atom stereocenters. The molecule has 0 spiro atoms. The van der Waals surface area contributed by atoms with Crippen LogP contribution >= 0.6 is 0 Å². The molecule has 2 saturated heterocycles. The van der Waals surface area contributed by atoms with Gasteiger partial charge in [-0.25, -0.2) is 8.42 Å². The highest BCUT2D eigenvalue weighted by molar-refractivity contribution is 7.89. The van der Waals surface area contributed by atoms with Crippen molar-refractivity contribution in [3.63, 3.8) is 0 Å². The molecule has 10 nitrogen and oxygen atoms in total. The fourth-order valence-electron chi connectivity index (χ4n) is 4.58. The van der Waals surface area contributed by atoms with Crippen LogP contribution in [0, 0.1) is 0 Å². The van der Waals surface area contributed by atoms with Crippen molar-refractivity contribution in [2.45, 2.75) is 17.7 Å². The van der Waals surface area contributed by atoms with E-state index < -0.39 is 15.9 Å². The highest BCUT2D eigenvalue weighted by Crippen LogP contribution is 2.34. The summed E-state index contributed by atoms with van der Waals surface area (Å²) in [6.45, 7) is 2.81. The van der Waals surface area contributed by atoms with Crippen LogP contribution < -0.4 is 19.9 Å². The predicted molar refractivity (Wildman–Crippen MR) is 131 cm³/mol. The van der Waals surface area contributed by atoms with Crippen LogP contribution in [0.1, 0.15) is 23.2 Å². The number of morpholine rings is 1. The lowest BCUT2D eigenvalue weighted by atomic mass is 10.1. The number of benzene rings is 2. The molecule has 2 aromatic rings. The average molecular weight is 501 g/mol. The normalized spacial score (nSPS) is 18.8. The first-order chi connectivity index (χ1) is 16.8. The quantitative estimate of drug-likeness (QED) is 0.668. The third-order valence-corrected chi connectivity index (χ3v) is 8.47. The summed E-state index contributed by atoms with van der Waals surface area (Å²) in [7, 11) is -2.09. The molecule has 186 valence electrons. The SMILES string of the molecule is CN1C(=O)COc2cc(NC(=O)c3cc(S(=O)(=O)N4CCOCC4)ccc3N3CCCC3)ccc21. The van der Waals surface area contributed by atoms with Gasteiger partial charge in [0, 0.05) is 50.7 Å². The number of anilines is 3. The first kappa shape index (κ1) is 23.6. The first-order valence-electron chi connectivity index (χ1n) is 11.7. The maximum absolute atomic E-state index is 13.5. The smallest absolute Gasteiger partial charge is 0.264 e. The van der Waals surface area contributed by atoms with Crippen LogP contribution in [0.4, 0.5) is 17.1 Å². The van der Waals surface area contributed by atoms with E-state index in [0.29, 0.717) is 41.6 Å². The Morgan fingerprint density at radius 3 is 2.43 bits per heavy atom. The fraction of sp³-hybridized carbons (Fsp3) is 0.417. The summed E-state index contributed by atoms with van der Waals surface area (Å²) in [5.41, 5.74) is 2.12. The molecule has 2 aromatic carbocycles. The Labute approximate surface area is 204 Å². The largest absolute Gasteiger partial charge is 0.481 e. The third-order valence-electron chi connectivity index (χ3n) is 6.57. The Hall–Kier alpha value is -3.15. The van der Waals surface area contributed by atoms with Crippen LogP contribution in [-0.4, -0.2) is 77.6 Å². The number of carbonyl (C=O) groups is 2. The molecular weight excluding hydrogens is 472 g/mol. The molecule has 0 bridgehead atoms. The summed E-state index contributed by atoms with van der Waals surface area (Å²) < 4.78 is 38.7. The molecule has 1 N–H and O–H groups in total. The Morgan fingerprint density at radius 1 is 0.971 bits per heavy atom. The van der Waals surface area contributed by atoms with Crippen molar-refractivity contribution in [3.05, 3.63) is 42.0 Å². The van der Waals surface area contributed by atoms with Gasteiger partial charge in [-0.3, -0.25) is 9.59 Å². The van der Waals surface area contributed by atoms with Crippen molar-refractivity contribution >= 4 is 38.9 Å². The van der Waals surface area contributed by atoms with Gasteiger partial charge in [-0.15, -0.1) is 0 Å². The number of ether oxygens (including phenoxy) is 2. The fourth-order valence-corrected chi connectivity index (χ4v) is 6.02. The van der Waals surface area contributed by atoms with E-state index in [9.17, 15) is 18.0 Å². The van der Waals surface area contributed by atoms with Gasteiger partial charge in [0.15, 0.2) is 6.61 Å². The van der Waals surface area contributed by atoms with E-state index in [1.54, 1.807) is 37.4 Å². The number of hydrogen-bond acceptors (Lipinski definition) is 7. The van der Waals surface area contributed by atoms with Gasteiger partial charge in [0.25, 0.3) is 11.8 Å². The average Bonchev–Trinajstić information content (AvgIpc) is 3.41. The minimum Gasteiger partial charge on any atom is -0.481 e. The minimum absolute atomic E-state index is 0.0680. The second-order valence-corrected chi connectivity index (χ2v) is 10.7. The number of amides is 2. The van der Waals surface area contributed by atoms with Crippen LogP contribution in [0.25, 0.3) is 0 Å². The molecule has 3 aliphatic heterocycles. The van der Waals surface area contributed by atoms with Gasteiger partial charge in [-0.2, -0.15) is 4.31 Å². The van der Waals surface area contributed by atoms with E-state index in [-0.39, 0.29) is 30.5 Å². The van der Waals surface area contributed by atoms with Crippen molar-refractivity contribution in [3.8, 4) is 5.75 Å². The molecule has 2 amide bonds. The molecule has 35 heavy (non-hydrogen) atoms. The van der Waals surface area contributed by atoms with E-state index in [2.05, 4.69) is 10.2 Å². The van der Waals surface area contributed by atoms with Crippen molar-refractivity contribution in [1.82, 2.24) is 4.31 Å². The van der Waals surface area contributed by atoms with Gasteiger partial charge in [-0.1, -0.05) is 0 Å². The lowest BCUT2D eigenvalue weighted by molar-refractivity contribution is -0.120. The highest BCUT2D eigenvalue weighted by Gasteiger charge is 2.29. The molecular formula is C24H28N4O6S. The van der Waals surface area contributed by atoms with Gasteiger partial charge in [0.2, 0.25) is 10.0 Å². The summed E-state index contributed by atoms with van der Waals surface area (Å²) in [5.74, 6) is -0.0673. The zero-order chi connectivity index (χ0) is 24.6. The number of sulfonamides is 1. The van der Waals surface area contributed by atoms with Gasteiger partial charge >= 0.3 is 0 Å². The highest BCUT2D eigenvalue weighted by atomic mass is 32.2. The van der Waals surface area contributed by atoms with Crippen molar-refractivity contribution < 1.29 is 27.5 Å². The number of nitrogens with zero attached hydrogens (tertiary/aromatic N) is 3. The third kappa shape index (κ3) is 4.58. The molecule has 3 heterocycles. The summed E-state index contributed by atoms with van der Waals surface area (Å²) in [6, 6.07) is 9.84. The van der Waals surface area contributed by atoms with E-state index in [0.717, 1.165) is 25.9 Å². The topological polar surface area (TPSA) is 108 Å². The Morgan fingerprint density at radius 2 is 1.69 bits per heavy atom. The molecule has 11 heteroatoms. The lowest BCUT2D eigenvalue weighted by Crippen LogP contribution is -2.40. The molecule has 3 aliphatic rings. The summed E-state index contributed by atoms with van der Waals surface area (Å²) in [6.07, 6.45) is 2.03. The van der Waals surface area contributed by atoms with Crippen molar-refractivity contribution in [1.29, 1.82) is 0 Å². The summed E-state index contributed by atoms with van der Waals surface area (Å²) >= 11 is 0. The molecule has 5 rings (SSSR count). The zero-order valence-electron chi connectivity index (χ0n) is 19.5. The standard InChI is InChI=1S/C24H28N4O6S/c1-26-21-6-4-17(14-22(21)34-16-23(26)29)25-24(30)19-15-18(5-7-20(19)27-8-2-3-9-27)35(31,32)28-10-12-33-13-11-28/h4-7,14-15H,2-3,8-13,16H2,1H3,(H,25,30). The van der Waals surface area contributed by atoms with Crippen molar-refractivity contribution in [2.24, 2.45) is 0 Å². The molecule has 0 radical (unpaired) electrons. The van der Waals surface area contributed by atoms with Gasteiger partial charge in [-0.05, 0) is 43.2 Å². The Balaban J connectivity index is 1.46. The second-order valence-electron chi connectivity index (χ2n) is 8.77. The van der Waals surface area contributed by atoms with Crippen LogP contribution in [-0.2, 0) is 19.6 Å². The minimum atomic E-state index is -3.76. The van der Waals surface area contributed by atoms with E-state index in [1.165, 1.54) is 15.3 Å². The molecule has 2 fully saturated rings. The van der Waals surface area contributed by atoms with Crippen LogP contribution in [0.15, 0.2) is 41.3 Å². The zero-order valence-corrected chi connectivity index (χ0v) is 20.3. The van der Waals surface area contributed by atoms with E-state index in [1.807, 2.05) is 0 Å². The molecule has 0 unspecified atom stereocenters. The number of carbonyl (C=O) groups excluding carboxylic acids is 2. The Kier molecular flexibility index (Phi) is 6.39. The number of hydrogen-bond donors (Lipinski definition) is 1. The summed E-state index contributed by atoms with van der Waals surface area (Å²) in [4.78, 5) is 29.0. The monoisotopic (exact) mass is 500 g/mol. The maximum atomic E-state index is 13.5. The first-order valence-corrected chi connectivity index (χ1v) is 13.1. The number of fused-ring (bicyclic) bond motifs is 1. The predicted octanol–water partition coefficient (Wildman–Crippen LogP) is 1.92. The van der Waals surface area contributed by atoms with Gasteiger partial charge in [0.1, 0.15) is 5.75 Å². The number of rotatable bonds is 5. The van der Waals surface area contributed by atoms with Gasteiger partial charge in [0.05, 0.1) is 29.4 Å². The molecule has 0 aromatic heterocycles. The van der Waals surface area contributed by atoms with Gasteiger partial charge < -0.3 is 24.6 Å². The molecule has 0 aliphatic carbocycles. The summed E-state index contributed by atoms with van der Waals surface area (Å²) in [5, 5.41) is 2.88. The number of nitrogens with one attached hydrogen (secondary N) is 1. The van der Waals surface area contributed by atoms with Crippen LogP contribution in [0.3, 0.4) is 0 Å². The lowest BCUT2D eigenvalue weighted by Gasteiger charge is -2.27. The van der Waals surface area contributed by atoms with E-state index >= 15 is 0 Å². The van der Waals surface area contributed by atoms with Crippen LogP contribution in [0.5, 0.6) is 5.75 Å². The molecule has 0 saturated carbocycles. The number of likely N-dealkylation sites (N-methyl/N-ethyl adjacent to an activating group) is 1. The van der Waals surface area contributed by atoms with Crippen LogP contribution in [0.2, 0.25) is 0 Å².